The van der Waals surface area contributed by atoms with Crippen LogP contribution in [0.25, 0.3) is 0 Å². The van der Waals surface area contributed by atoms with Crippen molar-refractivity contribution >= 4 is 5.69 Å². The van der Waals surface area contributed by atoms with Crippen molar-refractivity contribution in [2.45, 2.75) is 52.2 Å². The Kier molecular flexibility index (Phi) is 4.06. The lowest BCUT2D eigenvalue weighted by Gasteiger charge is -2.38. The predicted octanol–water partition coefficient (Wildman–Crippen LogP) is 3.26. The van der Waals surface area contributed by atoms with Crippen molar-refractivity contribution in [3.8, 4) is 0 Å². The summed E-state index contributed by atoms with van der Waals surface area (Å²) >= 11 is 0. The molecule has 2 rings (SSSR count). The Labute approximate surface area is 104 Å². The molecule has 1 unspecified atom stereocenters. The summed E-state index contributed by atoms with van der Waals surface area (Å²) in [5.74, 6) is 0. The van der Waals surface area contributed by atoms with E-state index < -0.39 is 0 Å². The van der Waals surface area contributed by atoms with E-state index >= 15 is 0 Å². The normalized spacial score (nSPS) is 20.6. The van der Waals surface area contributed by atoms with E-state index in [-0.39, 0.29) is 6.61 Å². The molecule has 0 spiro atoms. The van der Waals surface area contributed by atoms with E-state index in [2.05, 4.69) is 30.9 Å². The third-order valence-corrected chi connectivity index (χ3v) is 3.85. The molecule has 17 heavy (non-hydrogen) atoms. The van der Waals surface area contributed by atoms with Crippen LogP contribution in [0.15, 0.2) is 18.2 Å². The minimum Gasteiger partial charge on any atom is -0.392 e. The first-order valence-corrected chi connectivity index (χ1v) is 6.73. The van der Waals surface area contributed by atoms with Gasteiger partial charge >= 0.3 is 0 Å². The van der Waals surface area contributed by atoms with E-state index in [0.717, 1.165) is 5.56 Å². The number of aliphatic hydroxyl groups is 1. The number of anilines is 1. The largest absolute Gasteiger partial charge is 0.392 e. The maximum absolute atomic E-state index is 9.15. The highest BCUT2D eigenvalue weighted by atomic mass is 16.3. The molecule has 0 amide bonds. The highest BCUT2D eigenvalue weighted by Crippen LogP contribution is 2.29. The fraction of sp³-hybridized carbons (Fsp3) is 0.600. The van der Waals surface area contributed by atoms with Crippen molar-refractivity contribution in [2.75, 3.05) is 11.4 Å². The van der Waals surface area contributed by atoms with Gasteiger partial charge in [0.25, 0.3) is 0 Å². The molecule has 0 bridgehead atoms. The van der Waals surface area contributed by atoms with Crippen LogP contribution in [0.1, 0.15) is 43.7 Å². The highest BCUT2D eigenvalue weighted by Gasteiger charge is 2.21. The van der Waals surface area contributed by atoms with Crippen LogP contribution in [0.2, 0.25) is 0 Å². The predicted molar refractivity (Wildman–Crippen MR) is 72.4 cm³/mol. The quantitative estimate of drug-likeness (QED) is 0.866. The Hall–Kier alpha value is -1.02. The van der Waals surface area contributed by atoms with Gasteiger partial charge < -0.3 is 10.0 Å². The molecule has 0 aromatic heterocycles. The average molecular weight is 233 g/mol. The minimum absolute atomic E-state index is 0.137. The second-order valence-electron chi connectivity index (χ2n) is 5.03. The van der Waals surface area contributed by atoms with E-state index in [1.54, 1.807) is 0 Å². The summed E-state index contributed by atoms with van der Waals surface area (Å²) in [6.45, 7) is 5.74. The summed E-state index contributed by atoms with van der Waals surface area (Å²) in [5.41, 5.74) is 3.65. The topological polar surface area (TPSA) is 23.5 Å². The van der Waals surface area contributed by atoms with E-state index in [1.807, 2.05) is 6.07 Å². The highest BCUT2D eigenvalue weighted by molar-refractivity contribution is 5.55. The molecule has 1 aromatic carbocycles. The van der Waals surface area contributed by atoms with Gasteiger partial charge in [-0.25, -0.2) is 0 Å². The van der Waals surface area contributed by atoms with Crippen LogP contribution >= 0.6 is 0 Å². The number of aliphatic hydroxyl groups excluding tert-OH is 1. The third kappa shape index (κ3) is 2.63. The summed E-state index contributed by atoms with van der Waals surface area (Å²) < 4.78 is 0. The molecule has 0 aliphatic carbocycles. The maximum atomic E-state index is 9.15. The number of piperidine rings is 1. The van der Waals surface area contributed by atoms with Gasteiger partial charge in [-0.2, -0.15) is 0 Å². The smallest absolute Gasteiger partial charge is 0.0681 e. The van der Waals surface area contributed by atoms with Gasteiger partial charge in [0.1, 0.15) is 0 Å². The standard InChI is InChI=1S/C15H23NO/c1-3-14-6-4-5-9-16(14)15-8-7-13(11-17)10-12(15)2/h7-8,10,14,17H,3-6,9,11H2,1-2H3. The van der Waals surface area contributed by atoms with Crippen molar-refractivity contribution in [3.05, 3.63) is 29.3 Å². The van der Waals surface area contributed by atoms with Gasteiger partial charge in [-0.3, -0.25) is 0 Å². The molecule has 1 fully saturated rings. The Bertz CT molecular complexity index is 375. The number of nitrogens with zero attached hydrogens (tertiary/aromatic N) is 1. The average Bonchev–Trinajstić information content (AvgIpc) is 2.38. The first kappa shape index (κ1) is 12.4. The fourth-order valence-electron chi connectivity index (χ4n) is 2.88. The summed E-state index contributed by atoms with van der Waals surface area (Å²) in [7, 11) is 0. The lowest BCUT2D eigenvalue weighted by Crippen LogP contribution is -2.39. The van der Waals surface area contributed by atoms with Gasteiger partial charge in [0.05, 0.1) is 6.61 Å². The van der Waals surface area contributed by atoms with Crippen LogP contribution in [-0.2, 0) is 6.61 Å². The van der Waals surface area contributed by atoms with Crippen LogP contribution in [0.4, 0.5) is 5.69 Å². The second-order valence-corrected chi connectivity index (χ2v) is 5.03. The zero-order valence-corrected chi connectivity index (χ0v) is 10.9. The molecule has 1 atom stereocenters. The van der Waals surface area contributed by atoms with Crippen LogP contribution in [-0.4, -0.2) is 17.7 Å². The molecular formula is C15H23NO. The molecule has 2 nitrogen and oxygen atoms in total. The SMILES string of the molecule is CCC1CCCCN1c1ccc(CO)cc1C. The minimum atomic E-state index is 0.137. The Morgan fingerprint density at radius 3 is 2.82 bits per heavy atom. The van der Waals surface area contributed by atoms with Crippen molar-refractivity contribution in [2.24, 2.45) is 0 Å². The summed E-state index contributed by atoms with van der Waals surface area (Å²) in [5, 5.41) is 9.15. The van der Waals surface area contributed by atoms with Gasteiger partial charge in [-0.1, -0.05) is 19.1 Å². The Balaban J connectivity index is 2.25. The molecule has 1 aromatic rings. The first-order valence-electron chi connectivity index (χ1n) is 6.73. The van der Waals surface area contributed by atoms with Crippen molar-refractivity contribution in [1.82, 2.24) is 0 Å². The lowest BCUT2D eigenvalue weighted by molar-refractivity contribution is 0.282. The Morgan fingerprint density at radius 1 is 1.35 bits per heavy atom. The number of hydrogen-bond donors (Lipinski definition) is 1. The number of rotatable bonds is 3. The number of hydrogen-bond acceptors (Lipinski definition) is 2. The summed E-state index contributed by atoms with van der Waals surface area (Å²) in [6, 6.07) is 7.03. The van der Waals surface area contributed by atoms with Crippen molar-refractivity contribution in [1.29, 1.82) is 0 Å². The van der Waals surface area contributed by atoms with Crippen LogP contribution in [0.3, 0.4) is 0 Å². The molecule has 1 saturated heterocycles. The van der Waals surface area contributed by atoms with Gasteiger partial charge in [0.15, 0.2) is 0 Å². The van der Waals surface area contributed by atoms with Gasteiger partial charge in [0, 0.05) is 18.3 Å². The number of aryl methyl sites for hydroxylation is 1. The fourth-order valence-corrected chi connectivity index (χ4v) is 2.88. The molecule has 1 N–H and O–H groups in total. The van der Waals surface area contributed by atoms with Crippen molar-refractivity contribution < 1.29 is 5.11 Å². The first-order chi connectivity index (χ1) is 8.26. The van der Waals surface area contributed by atoms with Gasteiger partial charge in [0.2, 0.25) is 0 Å². The van der Waals surface area contributed by atoms with E-state index in [0.29, 0.717) is 6.04 Å². The van der Waals surface area contributed by atoms with Crippen LogP contribution in [0, 0.1) is 6.92 Å². The van der Waals surface area contributed by atoms with E-state index in [1.165, 1.54) is 43.5 Å². The van der Waals surface area contributed by atoms with Crippen LogP contribution < -0.4 is 4.90 Å². The Morgan fingerprint density at radius 2 is 2.18 bits per heavy atom. The van der Waals surface area contributed by atoms with Gasteiger partial charge in [-0.05, 0) is 49.8 Å². The zero-order chi connectivity index (χ0) is 12.3. The molecular weight excluding hydrogens is 210 g/mol. The van der Waals surface area contributed by atoms with Gasteiger partial charge in [-0.15, -0.1) is 0 Å². The molecule has 2 heteroatoms. The monoisotopic (exact) mass is 233 g/mol. The second kappa shape index (κ2) is 5.54. The third-order valence-electron chi connectivity index (χ3n) is 3.85. The van der Waals surface area contributed by atoms with Crippen LogP contribution in [0.5, 0.6) is 0 Å². The molecule has 1 aliphatic heterocycles. The summed E-state index contributed by atoms with van der Waals surface area (Å²) in [6.07, 6.45) is 5.21. The molecule has 0 saturated carbocycles. The van der Waals surface area contributed by atoms with E-state index in [4.69, 9.17) is 5.11 Å². The molecule has 1 heterocycles. The maximum Gasteiger partial charge on any atom is 0.0681 e. The van der Waals surface area contributed by atoms with E-state index in [9.17, 15) is 0 Å². The number of benzene rings is 1. The zero-order valence-electron chi connectivity index (χ0n) is 10.9. The molecule has 1 aliphatic rings. The molecule has 94 valence electrons. The lowest BCUT2D eigenvalue weighted by atomic mass is 9.97. The molecule has 0 radical (unpaired) electrons. The van der Waals surface area contributed by atoms with Crippen molar-refractivity contribution in [3.63, 3.8) is 0 Å². The summed E-state index contributed by atoms with van der Waals surface area (Å²) in [4.78, 5) is 2.56.